The van der Waals surface area contributed by atoms with Gasteiger partial charge in [0.1, 0.15) is 0 Å². The fraction of sp³-hybridized carbons (Fsp3) is 0.520. The Labute approximate surface area is 196 Å². The molecule has 8 nitrogen and oxygen atoms in total. The van der Waals surface area contributed by atoms with Gasteiger partial charge in [-0.25, -0.2) is 9.97 Å². The summed E-state index contributed by atoms with van der Waals surface area (Å²) >= 11 is 0. The molecule has 2 aromatic rings. The Morgan fingerprint density at radius 1 is 1.27 bits per heavy atom. The van der Waals surface area contributed by atoms with Crippen LogP contribution in [-0.4, -0.2) is 60.1 Å². The molecule has 1 saturated heterocycles. The second kappa shape index (κ2) is 11.7. The van der Waals surface area contributed by atoms with E-state index in [2.05, 4.69) is 45.1 Å². The zero-order valence-electron chi connectivity index (χ0n) is 20.0. The highest BCUT2D eigenvalue weighted by atomic mass is 16.5. The van der Waals surface area contributed by atoms with Crippen molar-refractivity contribution in [2.24, 2.45) is 10.9 Å². The number of nitrogens with one attached hydrogen (secondary N) is 1. The van der Waals surface area contributed by atoms with Crippen LogP contribution >= 0.6 is 0 Å². The Kier molecular flexibility index (Phi) is 8.77. The van der Waals surface area contributed by atoms with E-state index >= 15 is 0 Å². The van der Waals surface area contributed by atoms with Gasteiger partial charge in [-0.1, -0.05) is 26.8 Å². The van der Waals surface area contributed by atoms with Gasteiger partial charge in [0.05, 0.1) is 17.8 Å². The number of hydrogen-bond acceptors (Lipinski definition) is 7. The summed E-state index contributed by atoms with van der Waals surface area (Å²) in [4.78, 5) is 26.6. The molecule has 2 N–H and O–H groups in total. The van der Waals surface area contributed by atoms with Gasteiger partial charge < -0.3 is 20.1 Å². The maximum atomic E-state index is 11.3. The van der Waals surface area contributed by atoms with E-state index in [1.165, 1.54) is 0 Å². The van der Waals surface area contributed by atoms with Crippen molar-refractivity contribution in [3.8, 4) is 0 Å². The SMILES string of the molecule is C/N=C/c1cnc(Nc2cc([C@H](C)CC(=O)O)ccc2N(CC(C)C)C2CCOCC2)nc1. The number of aromatic nitrogens is 2. The zero-order chi connectivity index (χ0) is 23.8. The first-order valence-corrected chi connectivity index (χ1v) is 11.6. The van der Waals surface area contributed by atoms with Crippen LogP contribution in [0.4, 0.5) is 17.3 Å². The average molecular weight is 454 g/mol. The molecule has 1 aromatic heterocycles. The summed E-state index contributed by atoms with van der Waals surface area (Å²) in [5, 5.41) is 12.7. The molecule has 8 heteroatoms. The molecule has 0 unspecified atom stereocenters. The minimum Gasteiger partial charge on any atom is -0.481 e. The molecule has 0 amide bonds. The summed E-state index contributed by atoms with van der Waals surface area (Å²) in [5.41, 5.74) is 3.75. The number of anilines is 3. The van der Waals surface area contributed by atoms with E-state index in [0.29, 0.717) is 17.9 Å². The zero-order valence-corrected chi connectivity index (χ0v) is 20.0. The molecule has 1 aliphatic rings. The number of nitrogens with zero attached hydrogens (tertiary/aromatic N) is 4. The van der Waals surface area contributed by atoms with Gasteiger partial charge in [-0.15, -0.1) is 0 Å². The van der Waals surface area contributed by atoms with Gasteiger partial charge in [0, 0.05) is 57.0 Å². The fourth-order valence-corrected chi connectivity index (χ4v) is 4.16. The lowest BCUT2D eigenvalue weighted by atomic mass is 9.95. The van der Waals surface area contributed by atoms with Crippen molar-refractivity contribution in [3.05, 3.63) is 41.7 Å². The first-order valence-electron chi connectivity index (χ1n) is 11.6. The molecule has 1 fully saturated rings. The third-order valence-electron chi connectivity index (χ3n) is 5.77. The second-order valence-corrected chi connectivity index (χ2v) is 9.02. The number of hydrogen-bond donors (Lipinski definition) is 2. The smallest absolute Gasteiger partial charge is 0.303 e. The summed E-state index contributed by atoms with van der Waals surface area (Å²) < 4.78 is 5.61. The van der Waals surface area contributed by atoms with Crippen molar-refractivity contribution in [1.82, 2.24) is 9.97 Å². The van der Waals surface area contributed by atoms with Gasteiger partial charge in [0.15, 0.2) is 0 Å². The van der Waals surface area contributed by atoms with E-state index in [-0.39, 0.29) is 12.3 Å². The number of aliphatic carboxylic acids is 1. The Bertz CT molecular complexity index is 940. The van der Waals surface area contributed by atoms with Gasteiger partial charge >= 0.3 is 5.97 Å². The highest BCUT2D eigenvalue weighted by molar-refractivity contribution is 5.79. The summed E-state index contributed by atoms with van der Waals surface area (Å²) in [6, 6.07) is 6.57. The third-order valence-corrected chi connectivity index (χ3v) is 5.77. The highest BCUT2D eigenvalue weighted by Crippen LogP contribution is 2.35. The van der Waals surface area contributed by atoms with Crippen LogP contribution in [0.25, 0.3) is 0 Å². The molecule has 178 valence electrons. The van der Waals surface area contributed by atoms with Crippen LogP contribution in [0.2, 0.25) is 0 Å². The monoisotopic (exact) mass is 453 g/mol. The number of ether oxygens (including phenoxy) is 1. The highest BCUT2D eigenvalue weighted by Gasteiger charge is 2.25. The first kappa shape index (κ1) is 24.6. The van der Waals surface area contributed by atoms with Gasteiger partial charge in [-0.2, -0.15) is 0 Å². The Balaban J connectivity index is 1.99. The molecular formula is C25H35N5O3. The van der Waals surface area contributed by atoms with Crippen LogP contribution < -0.4 is 10.2 Å². The molecule has 3 rings (SSSR count). The Morgan fingerprint density at radius 2 is 1.97 bits per heavy atom. The van der Waals surface area contributed by atoms with E-state index in [1.54, 1.807) is 25.7 Å². The maximum Gasteiger partial charge on any atom is 0.303 e. The second-order valence-electron chi connectivity index (χ2n) is 9.02. The molecule has 0 bridgehead atoms. The largest absolute Gasteiger partial charge is 0.481 e. The number of carboxylic acids is 1. The molecule has 0 aliphatic carbocycles. The van der Waals surface area contributed by atoms with Crippen molar-refractivity contribution in [2.75, 3.05) is 37.0 Å². The number of benzene rings is 1. The van der Waals surface area contributed by atoms with Gasteiger partial charge in [-0.05, 0) is 42.4 Å². The van der Waals surface area contributed by atoms with Crippen LogP contribution in [0.1, 0.15) is 57.1 Å². The number of rotatable bonds is 10. The molecule has 1 atom stereocenters. The minimum atomic E-state index is -0.804. The topological polar surface area (TPSA) is 99.9 Å². The van der Waals surface area contributed by atoms with Crippen LogP contribution in [0, 0.1) is 5.92 Å². The number of carboxylic acid groups (broad SMARTS) is 1. The molecule has 1 aliphatic heterocycles. The Morgan fingerprint density at radius 3 is 2.58 bits per heavy atom. The molecule has 2 heterocycles. The van der Waals surface area contributed by atoms with Crippen molar-refractivity contribution in [2.45, 2.75) is 52.0 Å². The van der Waals surface area contributed by atoms with Gasteiger partial charge in [-0.3, -0.25) is 9.79 Å². The predicted octanol–water partition coefficient (Wildman–Crippen LogP) is 4.49. The van der Waals surface area contributed by atoms with Crippen LogP contribution in [-0.2, 0) is 9.53 Å². The van der Waals surface area contributed by atoms with Gasteiger partial charge in [0.25, 0.3) is 0 Å². The van der Waals surface area contributed by atoms with Crippen LogP contribution in [0.5, 0.6) is 0 Å². The summed E-state index contributed by atoms with van der Waals surface area (Å²) in [7, 11) is 1.71. The number of aliphatic imine (C=N–C) groups is 1. The number of carbonyl (C=O) groups is 1. The predicted molar refractivity (Wildman–Crippen MR) is 132 cm³/mol. The fourth-order valence-electron chi connectivity index (χ4n) is 4.16. The lowest BCUT2D eigenvalue weighted by Gasteiger charge is -2.38. The molecule has 33 heavy (non-hydrogen) atoms. The molecule has 1 aromatic carbocycles. The lowest BCUT2D eigenvalue weighted by Crippen LogP contribution is -2.42. The van der Waals surface area contributed by atoms with Crippen molar-refractivity contribution < 1.29 is 14.6 Å². The van der Waals surface area contributed by atoms with E-state index in [4.69, 9.17) is 4.74 Å². The van der Waals surface area contributed by atoms with E-state index in [1.807, 2.05) is 19.1 Å². The van der Waals surface area contributed by atoms with Gasteiger partial charge in [0.2, 0.25) is 5.95 Å². The van der Waals surface area contributed by atoms with Crippen molar-refractivity contribution in [1.29, 1.82) is 0 Å². The molecule has 0 spiro atoms. The summed E-state index contributed by atoms with van der Waals surface area (Å²) in [6.45, 7) is 8.82. The molecule has 0 saturated carbocycles. The quantitative estimate of drug-likeness (QED) is 0.511. The summed E-state index contributed by atoms with van der Waals surface area (Å²) in [6.07, 6.45) is 7.19. The van der Waals surface area contributed by atoms with Crippen molar-refractivity contribution in [3.63, 3.8) is 0 Å². The summed E-state index contributed by atoms with van der Waals surface area (Å²) in [5.74, 6) is 0.0585. The van der Waals surface area contributed by atoms with Crippen molar-refractivity contribution >= 4 is 29.5 Å². The third kappa shape index (κ3) is 6.99. The average Bonchev–Trinajstić information content (AvgIpc) is 2.79. The first-order chi connectivity index (χ1) is 15.9. The maximum absolute atomic E-state index is 11.3. The normalized spacial score (nSPS) is 15.7. The van der Waals surface area contributed by atoms with E-state index in [9.17, 15) is 9.90 Å². The molecule has 0 radical (unpaired) electrons. The minimum absolute atomic E-state index is 0.0794. The van der Waals surface area contributed by atoms with E-state index in [0.717, 1.165) is 55.1 Å². The lowest BCUT2D eigenvalue weighted by molar-refractivity contribution is -0.137. The Hall–Kier alpha value is -3.00. The van der Waals surface area contributed by atoms with E-state index < -0.39 is 5.97 Å². The van der Waals surface area contributed by atoms with Crippen LogP contribution in [0.3, 0.4) is 0 Å². The van der Waals surface area contributed by atoms with Crippen LogP contribution in [0.15, 0.2) is 35.6 Å². The molecular weight excluding hydrogens is 418 g/mol. The standard InChI is InChI=1S/C25H35N5O3/c1-17(2)16-30(21-7-9-33-10-8-21)23-6-5-20(18(3)11-24(31)32)12-22(23)29-25-27-14-19(13-26-4)15-28-25/h5-6,12-15,17-18,21H,7-11,16H2,1-4H3,(H,31,32)(H,27,28,29)/b26-13+/t18-/m1/s1.